The maximum Gasteiger partial charge on any atom is 0.338 e. The Morgan fingerprint density at radius 2 is 2.00 bits per heavy atom. The molecule has 2 rings (SSSR count). The number of thiophene rings is 1. The molecule has 0 unspecified atom stereocenters. The number of carbonyl (C=O) groups is 2. The smallest absolute Gasteiger partial charge is 0.338 e. The molecule has 8 heteroatoms. The predicted octanol–water partition coefficient (Wildman–Crippen LogP) is 4.51. The van der Waals surface area contributed by atoms with E-state index in [-0.39, 0.29) is 10.6 Å². The molecule has 20 heavy (non-hydrogen) atoms. The van der Waals surface area contributed by atoms with Gasteiger partial charge in [-0.25, -0.2) is 9.59 Å². The van der Waals surface area contributed by atoms with Crippen LogP contribution < -0.4 is 10.6 Å². The molecule has 0 aliphatic carbocycles. The molecule has 0 fully saturated rings. The molecule has 0 saturated heterocycles. The molecule has 0 aliphatic rings. The summed E-state index contributed by atoms with van der Waals surface area (Å²) in [5.41, 5.74) is 0.541. The lowest BCUT2D eigenvalue weighted by molar-refractivity contribution is 0.0698. The molecular formula is C12H8BrClN2O3S. The highest BCUT2D eigenvalue weighted by Gasteiger charge is 2.14. The lowest BCUT2D eigenvalue weighted by atomic mass is 10.3. The summed E-state index contributed by atoms with van der Waals surface area (Å²) in [6.45, 7) is 0. The first-order valence-electron chi connectivity index (χ1n) is 5.32. The third-order valence-electron chi connectivity index (χ3n) is 2.32. The number of urea groups is 1. The molecule has 0 radical (unpaired) electrons. The molecule has 1 aromatic carbocycles. The van der Waals surface area contributed by atoms with E-state index in [1.807, 2.05) is 0 Å². The molecule has 5 nitrogen and oxygen atoms in total. The average Bonchev–Trinajstić information content (AvgIpc) is 2.83. The van der Waals surface area contributed by atoms with Crippen molar-refractivity contribution in [2.45, 2.75) is 0 Å². The number of rotatable bonds is 3. The number of amides is 2. The molecule has 3 N–H and O–H groups in total. The van der Waals surface area contributed by atoms with E-state index in [1.165, 1.54) is 6.07 Å². The highest BCUT2D eigenvalue weighted by atomic mass is 79.9. The first-order chi connectivity index (χ1) is 9.49. The van der Waals surface area contributed by atoms with Crippen LogP contribution >= 0.6 is 38.9 Å². The van der Waals surface area contributed by atoms with Gasteiger partial charge in [0.05, 0.1) is 20.7 Å². The van der Waals surface area contributed by atoms with E-state index in [2.05, 4.69) is 26.6 Å². The predicted molar refractivity (Wildman–Crippen MR) is 83.1 cm³/mol. The highest BCUT2D eigenvalue weighted by molar-refractivity contribution is 9.10. The van der Waals surface area contributed by atoms with Gasteiger partial charge in [0.15, 0.2) is 0 Å². The second kappa shape index (κ2) is 6.25. The Balaban J connectivity index is 2.11. The normalized spacial score (nSPS) is 10.1. The van der Waals surface area contributed by atoms with Crippen molar-refractivity contribution in [1.82, 2.24) is 0 Å². The van der Waals surface area contributed by atoms with E-state index in [1.54, 1.807) is 23.6 Å². The topological polar surface area (TPSA) is 78.4 Å². The molecule has 0 aliphatic heterocycles. The van der Waals surface area contributed by atoms with Crippen LogP contribution in [0.4, 0.5) is 15.5 Å². The van der Waals surface area contributed by atoms with Crippen LogP contribution in [0.25, 0.3) is 0 Å². The third kappa shape index (κ3) is 3.30. The van der Waals surface area contributed by atoms with Crippen molar-refractivity contribution < 1.29 is 14.7 Å². The van der Waals surface area contributed by atoms with Crippen LogP contribution in [0.15, 0.2) is 34.1 Å². The van der Waals surface area contributed by atoms with E-state index in [4.69, 9.17) is 16.7 Å². The fraction of sp³-hybridized carbons (Fsp3) is 0. The Labute approximate surface area is 131 Å². The standard InChI is InChI=1S/C12H8BrClN2O3S/c13-9-7(14)2-1-3-8(9)15-12(19)16-10-6(11(17)18)4-5-20-10/h1-5H,(H,17,18)(H2,15,16,19). The minimum atomic E-state index is -1.09. The monoisotopic (exact) mass is 374 g/mol. The number of benzene rings is 1. The van der Waals surface area contributed by atoms with Gasteiger partial charge in [-0.15, -0.1) is 11.3 Å². The molecule has 1 heterocycles. The largest absolute Gasteiger partial charge is 0.478 e. The first kappa shape index (κ1) is 14.8. The minimum absolute atomic E-state index is 0.0512. The van der Waals surface area contributed by atoms with Crippen LogP contribution in [0.3, 0.4) is 0 Å². The number of nitrogens with one attached hydrogen (secondary N) is 2. The van der Waals surface area contributed by atoms with Gasteiger partial charge in [0.25, 0.3) is 0 Å². The van der Waals surface area contributed by atoms with Gasteiger partial charge in [-0.05, 0) is 39.5 Å². The van der Waals surface area contributed by atoms with Crippen molar-refractivity contribution in [2.24, 2.45) is 0 Å². The number of halogens is 2. The minimum Gasteiger partial charge on any atom is -0.478 e. The summed E-state index contributed by atoms with van der Waals surface area (Å²) < 4.78 is 0.557. The zero-order valence-corrected chi connectivity index (χ0v) is 13.0. The highest BCUT2D eigenvalue weighted by Crippen LogP contribution is 2.30. The van der Waals surface area contributed by atoms with E-state index in [0.29, 0.717) is 15.2 Å². The Morgan fingerprint density at radius 3 is 2.70 bits per heavy atom. The summed E-state index contributed by atoms with van der Waals surface area (Å²) in [5.74, 6) is -1.09. The van der Waals surface area contributed by atoms with Gasteiger partial charge in [0, 0.05) is 0 Å². The third-order valence-corrected chi connectivity index (χ3v) is 4.55. The Kier molecular flexibility index (Phi) is 4.64. The number of carboxylic acids is 1. The summed E-state index contributed by atoms with van der Waals surface area (Å²) >= 11 is 10.3. The Bertz CT molecular complexity index is 674. The zero-order valence-electron chi connectivity index (χ0n) is 9.81. The molecule has 0 spiro atoms. The molecule has 2 amide bonds. The van der Waals surface area contributed by atoms with E-state index >= 15 is 0 Å². The lowest BCUT2D eigenvalue weighted by Gasteiger charge is -2.09. The van der Waals surface area contributed by atoms with Gasteiger partial charge in [-0.1, -0.05) is 17.7 Å². The van der Waals surface area contributed by atoms with Gasteiger partial charge in [-0.2, -0.15) is 0 Å². The summed E-state index contributed by atoms with van der Waals surface area (Å²) in [5, 5.41) is 16.4. The maximum absolute atomic E-state index is 11.8. The molecule has 0 atom stereocenters. The van der Waals surface area contributed by atoms with Crippen LogP contribution in [-0.2, 0) is 0 Å². The number of hydrogen-bond donors (Lipinski definition) is 3. The second-order valence-electron chi connectivity index (χ2n) is 3.65. The van der Waals surface area contributed by atoms with E-state index < -0.39 is 12.0 Å². The van der Waals surface area contributed by atoms with Crippen LogP contribution in [-0.4, -0.2) is 17.1 Å². The van der Waals surface area contributed by atoms with Crippen LogP contribution in [0.2, 0.25) is 5.02 Å². The summed E-state index contributed by atoms with van der Waals surface area (Å²) in [4.78, 5) is 22.8. The average molecular weight is 376 g/mol. The Morgan fingerprint density at radius 1 is 1.25 bits per heavy atom. The molecule has 0 saturated carbocycles. The van der Waals surface area contributed by atoms with Gasteiger partial charge < -0.3 is 10.4 Å². The number of aromatic carboxylic acids is 1. The summed E-state index contributed by atoms with van der Waals surface area (Å²) in [6.07, 6.45) is 0. The molecule has 0 bridgehead atoms. The lowest BCUT2D eigenvalue weighted by Crippen LogP contribution is -2.20. The number of anilines is 2. The second-order valence-corrected chi connectivity index (χ2v) is 5.77. The van der Waals surface area contributed by atoms with Crippen LogP contribution in [0.1, 0.15) is 10.4 Å². The van der Waals surface area contributed by atoms with E-state index in [9.17, 15) is 9.59 Å². The molecule has 1 aromatic heterocycles. The van der Waals surface area contributed by atoms with Crippen LogP contribution in [0, 0.1) is 0 Å². The van der Waals surface area contributed by atoms with Crippen molar-refractivity contribution in [3.8, 4) is 0 Å². The van der Waals surface area contributed by atoms with Gasteiger partial charge in [-0.3, -0.25) is 5.32 Å². The molecular weight excluding hydrogens is 368 g/mol. The van der Waals surface area contributed by atoms with Gasteiger partial charge in [0.1, 0.15) is 5.00 Å². The summed E-state index contributed by atoms with van der Waals surface area (Å²) in [6, 6.07) is 5.92. The number of hydrogen-bond acceptors (Lipinski definition) is 3. The maximum atomic E-state index is 11.8. The summed E-state index contributed by atoms with van der Waals surface area (Å²) in [7, 11) is 0. The fourth-order valence-electron chi connectivity index (χ4n) is 1.43. The van der Waals surface area contributed by atoms with Crippen molar-refractivity contribution in [2.75, 3.05) is 10.6 Å². The van der Waals surface area contributed by atoms with Crippen molar-refractivity contribution in [3.05, 3.63) is 44.7 Å². The zero-order chi connectivity index (χ0) is 14.7. The van der Waals surface area contributed by atoms with Crippen molar-refractivity contribution in [1.29, 1.82) is 0 Å². The fourth-order valence-corrected chi connectivity index (χ4v) is 2.74. The Hall–Kier alpha value is -1.57. The number of carbonyl (C=O) groups excluding carboxylic acids is 1. The van der Waals surface area contributed by atoms with Gasteiger partial charge in [0.2, 0.25) is 0 Å². The first-order valence-corrected chi connectivity index (χ1v) is 7.37. The SMILES string of the molecule is O=C(Nc1cccc(Cl)c1Br)Nc1sccc1C(=O)O. The van der Waals surface area contributed by atoms with Crippen molar-refractivity contribution in [3.63, 3.8) is 0 Å². The number of carboxylic acid groups (broad SMARTS) is 1. The molecule has 104 valence electrons. The van der Waals surface area contributed by atoms with E-state index in [0.717, 1.165) is 11.3 Å². The quantitative estimate of drug-likeness (QED) is 0.738. The van der Waals surface area contributed by atoms with Crippen LogP contribution in [0.5, 0.6) is 0 Å². The molecule has 2 aromatic rings. The van der Waals surface area contributed by atoms with Gasteiger partial charge >= 0.3 is 12.0 Å². The van der Waals surface area contributed by atoms with Crippen molar-refractivity contribution >= 4 is 61.6 Å².